The second-order valence-electron chi connectivity index (χ2n) is 5.11. The lowest BCUT2D eigenvalue weighted by Gasteiger charge is -2.32. The number of likely N-dealkylation sites (tertiary alicyclic amines) is 1. The molecule has 0 saturated carbocycles. The molecular weight excluding hydrogens is 212 g/mol. The quantitative estimate of drug-likeness (QED) is 0.852. The van der Waals surface area contributed by atoms with Crippen LogP contribution in [0.15, 0.2) is 22.8 Å². The van der Waals surface area contributed by atoms with E-state index in [0.717, 1.165) is 18.3 Å². The fraction of sp³-hybridized carbons (Fsp3) is 0.714. The molecule has 2 atom stereocenters. The van der Waals surface area contributed by atoms with Gasteiger partial charge >= 0.3 is 0 Å². The molecule has 3 nitrogen and oxygen atoms in total. The summed E-state index contributed by atoms with van der Waals surface area (Å²) in [5.74, 6) is 1.03. The topological polar surface area (TPSA) is 28.4 Å². The van der Waals surface area contributed by atoms with E-state index in [0.29, 0.717) is 6.04 Å². The van der Waals surface area contributed by atoms with Crippen LogP contribution in [0, 0.1) is 0 Å². The molecule has 1 aliphatic heterocycles. The van der Waals surface area contributed by atoms with Crippen molar-refractivity contribution in [1.29, 1.82) is 0 Å². The van der Waals surface area contributed by atoms with Gasteiger partial charge in [0.1, 0.15) is 5.76 Å². The Morgan fingerprint density at radius 1 is 1.53 bits per heavy atom. The number of piperidine rings is 1. The SMILES string of the molecule is CC(NCCC1CCCCN1C)c1ccco1. The Kier molecular flexibility index (Phi) is 4.63. The first kappa shape index (κ1) is 12.7. The van der Waals surface area contributed by atoms with Gasteiger partial charge in [0.05, 0.1) is 12.3 Å². The molecule has 1 aliphatic rings. The van der Waals surface area contributed by atoms with Gasteiger partial charge in [-0.2, -0.15) is 0 Å². The van der Waals surface area contributed by atoms with E-state index in [9.17, 15) is 0 Å². The van der Waals surface area contributed by atoms with E-state index in [-0.39, 0.29) is 0 Å². The monoisotopic (exact) mass is 236 g/mol. The average Bonchev–Trinajstić information content (AvgIpc) is 2.85. The zero-order chi connectivity index (χ0) is 12.1. The Bertz CT molecular complexity index is 310. The van der Waals surface area contributed by atoms with Gasteiger partial charge in [0.25, 0.3) is 0 Å². The van der Waals surface area contributed by atoms with E-state index in [1.807, 2.05) is 12.1 Å². The summed E-state index contributed by atoms with van der Waals surface area (Å²) < 4.78 is 5.39. The Labute approximate surface area is 104 Å². The maximum absolute atomic E-state index is 5.39. The third-order valence-electron chi connectivity index (χ3n) is 3.82. The van der Waals surface area contributed by atoms with E-state index in [2.05, 4.69) is 24.2 Å². The van der Waals surface area contributed by atoms with Crippen LogP contribution in [0.4, 0.5) is 0 Å². The zero-order valence-electron chi connectivity index (χ0n) is 11.0. The van der Waals surface area contributed by atoms with Crippen molar-refractivity contribution in [2.45, 2.75) is 44.7 Å². The fourth-order valence-corrected chi connectivity index (χ4v) is 2.61. The van der Waals surface area contributed by atoms with Crippen LogP contribution in [-0.4, -0.2) is 31.1 Å². The molecule has 1 saturated heterocycles. The molecule has 0 amide bonds. The molecule has 2 heterocycles. The van der Waals surface area contributed by atoms with Crippen LogP contribution in [0.3, 0.4) is 0 Å². The molecule has 1 N–H and O–H groups in total. The van der Waals surface area contributed by atoms with Crippen LogP contribution in [0.1, 0.15) is 44.4 Å². The molecule has 17 heavy (non-hydrogen) atoms. The highest BCUT2D eigenvalue weighted by Crippen LogP contribution is 2.18. The second-order valence-corrected chi connectivity index (χ2v) is 5.11. The first-order valence-electron chi connectivity index (χ1n) is 6.74. The van der Waals surface area contributed by atoms with Crippen molar-refractivity contribution in [3.63, 3.8) is 0 Å². The fourth-order valence-electron chi connectivity index (χ4n) is 2.61. The summed E-state index contributed by atoms with van der Waals surface area (Å²) in [6.07, 6.45) is 7.09. The largest absolute Gasteiger partial charge is 0.468 e. The molecule has 2 unspecified atom stereocenters. The van der Waals surface area contributed by atoms with Gasteiger partial charge in [-0.1, -0.05) is 6.42 Å². The summed E-state index contributed by atoms with van der Waals surface area (Å²) in [6.45, 7) is 4.48. The molecule has 1 aromatic heterocycles. The maximum Gasteiger partial charge on any atom is 0.120 e. The highest BCUT2D eigenvalue weighted by molar-refractivity contribution is 5.02. The first-order valence-corrected chi connectivity index (χ1v) is 6.74. The number of rotatable bonds is 5. The number of nitrogens with one attached hydrogen (secondary N) is 1. The van der Waals surface area contributed by atoms with Gasteiger partial charge in [0.15, 0.2) is 0 Å². The highest BCUT2D eigenvalue weighted by atomic mass is 16.3. The van der Waals surface area contributed by atoms with Crippen LogP contribution in [0.25, 0.3) is 0 Å². The number of furan rings is 1. The van der Waals surface area contributed by atoms with Gasteiger partial charge in [-0.05, 0) is 58.5 Å². The summed E-state index contributed by atoms with van der Waals surface area (Å²) in [5.41, 5.74) is 0. The van der Waals surface area contributed by atoms with Crippen molar-refractivity contribution in [3.8, 4) is 0 Å². The van der Waals surface area contributed by atoms with Crippen molar-refractivity contribution in [1.82, 2.24) is 10.2 Å². The Morgan fingerprint density at radius 2 is 2.41 bits per heavy atom. The summed E-state index contributed by atoms with van der Waals surface area (Å²) in [5, 5.41) is 3.53. The molecule has 1 aromatic rings. The smallest absolute Gasteiger partial charge is 0.120 e. The summed E-state index contributed by atoms with van der Waals surface area (Å²) in [4.78, 5) is 2.50. The van der Waals surface area contributed by atoms with E-state index < -0.39 is 0 Å². The Morgan fingerprint density at radius 3 is 3.12 bits per heavy atom. The predicted molar refractivity (Wildman–Crippen MR) is 70.0 cm³/mol. The van der Waals surface area contributed by atoms with Crippen LogP contribution in [0.2, 0.25) is 0 Å². The summed E-state index contributed by atoms with van der Waals surface area (Å²) in [6, 6.07) is 5.06. The normalized spacial score (nSPS) is 23.8. The third-order valence-corrected chi connectivity index (χ3v) is 3.82. The van der Waals surface area contributed by atoms with Gasteiger partial charge in [-0.15, -0.1) is 0 Å². The number of nitrogens with zero attached hydrogens (tertiary/aromatic N) is 1. The predicted octanol–water partition coefficient (Wildman–Crippen LogP) is 2.80. The standard InChI is InChI=1S/C14H24N2O/c1-12(14-7-5-11-17-14)15-9-8-13-6-3-4-10-16(13)2/h5,7,11-13,15H,3-4,6,8-10H2,1-2H3. The minimum atomic E-state index is 0.318. The molecule has 3 heteroatoms. The summed E-state index contributed by atoms with van der Waals surface area (Å²) in [7, 11) is 2.25. The summed E-state index contributed by atoms with van der Waals surface area (Å²) >= 11 is 0. The molecule has 0 aromatic carbocycles. The molecule has 1 fully saturated rings. The van der Waals surface area contributed by atoms with Crippen LogP contribution in [-0.2, 0) is 0 Å². The van der Waals surface area contributed by atoms with Crippen molar-refractivity contribution < 1.29 is 4.42 Å². The maximum atomic E-state index is 5.39. The van der Waals surface area contributed by atoms with Gasteiger partial charge < -0.3 is 14.6 Å². The molecular formula is C14H24N2O. The van der Waals surface area contributed by atoms with Gasteiger partial charge in [-0.3, -0.25) is 0 Å². The van der Waals surface area contributed by atoms with E-state index >= 15 is 0 Å². The van der Waals surface area contributed by atoms with Crippen LogP contribution < -0.4 is 5.32 Å². The van der Waals surface area contributed by atoms with E-state index in [4.69, 9.17) is 4.42 Å². The van der Waals surface area contributed by atoms with E-state index in [1.165, 1.54) is 32.2 Å². The van der Waals surface area contributed by atoms with E-state index in [1.54, 1.807) is 6.26 Å². The zero-order valence-corrected chi connectivity index (χ0v) is 11.0. The lowest BCUT2D eigenvalue weighted by Crippen LogP contribution is -2.38. The number of hydrogen-bond acceptors (Lipinski definition) is 3. The van der Waals surface area contributed by atoms with Crippen molar-refractivity contribution in [2.75, 3.05) is 20.1 Å². The lowest BCUT2D eigenvalue weighted by molar-refractivity contribution is 0.174. The first-order chi connectivity index (χ1) is 8.27. The second kappa shape index (κ2) is 6.22. The molecule has 0 spiro atoms. The highest BCUT2D eigenvalue weighted by Gasteiger charge is 2.18. The minimum absolute atomic E-state index is 0.318. The molecule has 96 valence electrons. The molecule has 0 aliphatic carbocycles. The van der Waals surface area contributed by atoms with Gasteiger partial charge in [-0.25, -0.2) is 0 Å². The number of hydrogen-bond donors (Lipinski definition) is 1. The third kappa shape index (κ3) is 3.58. The Hall–Kier alpha value is -0.800. The van der Waals surface area contributed by atoms with Gasteiger partial charge in [0.2, 0.25) is 0 Å². The van der Waals surface area contributed by atoms with Crippen molar-refractivity contribution >= 4 is 0 Å². The van der Waals surface area contributed by atoms with Crippen LogP contribution in [0.5, 0.6) is 0 Å². The minimum Gasteiger partial charge on any atom is -0.468 e. The van der Waals surface area contributed by atoms with Crippen molar-refractivity contribution in [3.05, 3.63) is 24.2 Å². The molecule has 0 radical (unpaired) electrons. The van der Waals surface area contributed by atoms with Crippen LogP contribution >= 0.6 is 0 Å². The van der Waals surface area contributed by atoms with Gasteiger partial charge in [0, 0.05) is 6.04 Å². The molecule has 2 rings (SSSR count). The lowest BCUT2D eigenvalue weighted by atomic mass is 10.00. The Balaban J connectivity index is 1.68. The van der Waals surface area contributed by atoms with Crippen molar-refractivity contribution in [2.24, 2.45) is 0 Å². The molecule has 0 bridgehead atoms. The average molecular weight is 236 g/mol.